The Morgan fingerprint density at radius 3 is 2.23 bits per heavy atom. The Labute approximate surface area is 203 Å². The molecule has 2 N–H and O–H groups in total. The summed E-state index contributed by atoms with van der Waals surface area (Å²) in [5, 5.41) is 11.9. The van der Waals surface area contributed by atoms with E-state index in [1.54, 1.807) is 6.92 Å². The first-order valence-corrected chi connectivity index (χ1v) is 11.6. The molecule has 2 aromatic carbocycles. The van der Waals surface area contributed by atoms with Crippen LogP contribution in [0.25, 0.3) is 11.1 Å². The lowest BCUT2D eigenvalue weighted by atomic mass is 9.98. The van der Waals surface area contributed by atoms with Crippen LogP contribution in [0.2, 0.25) is 0 Å². The van der Waals surface area contributed by atoms with Gasteiger partial charge in [0.05, 0.1) is 6.61 Å². The number of nitrogens with zero attached hydrogens (tertiary/aromatic N) is 1. The fraction of sp³-hybridized carbons (Fsp3) is 0.385. The molecule has 1 heterocycles. The number of ether oxygens (including phenoxy) is 2. The predicted octanol–water partition coefficient (Wildman–Crippen LogP) is 2.92. The molecule has 0 spiro atoms. The van der Waals surface area contributed by atoms with Crippen LogP contribution in [0.5, 0.6) is 0 Å². The summed E-state index contributed by atoms with van der Waals surface area (Å²) in [6.45, 7) is 3.15. The van der Waals surface area contributed by atoms with Crippen LogP contribution in [0.4, 0.5) is 4.79 Å². The van der Waals surface area contributed by atoms with Crippen molar-refractivity contribution in [1.82, 2.24) is 10.2 Å². The summed E-state index contributed by atoms with van der Waals surface area (Å²) in [6, 6.07) is 14.0. The van der Waals surface area contributed by atoms with Gasteiger partial charge in [0.25, 0.3) is 5.91 Å². The molecule has 1 unspecified atom stereocenters. The van der Waals surface area contributed by atoms with Crippen LogP contribution >= 0.6 is 0 Å². The molecule has 0 bridgehead atoms. The van der Waals surface area contributed by atoms with E-state index in [0.717, 1.165) is 27.2 Å². The van der Waals surface area contributed by atoms with Crippen molar-refractivity contribution >= 4 is 23.9 Å². The van der Waals surface area contributed by atoms with Crippen LogP contribution in [-0.2, 0) is 23.9 Å². The van der Waals surface area contributed by atoms with Gasteiger partial charge in [-0.25, -0.2) is 14.4 Å². The first-order chi connectivity index (χ1) is 16.8. The molecule has 0 saturated carbocycles. The molecule has 2 amide bonds. The Morgan fingerprint density at radius 2 is 1.66 bits per heavy atom. The zero-order valence-electron chi connectivity index (χ0n) is 19.7. The van der Waals surface area contributed by atoms with E-state index in [-0.39, 0.29) is 32.1 Å². The molecule has 0 radical (unpaired) electrons. The molecular formula is C26H28N2O7. The van der Waals surface area contributed by atoms with E-state index in [4.69, 9.17) is 9.47 Å². The van der Waals surface area contributed by atoms with E-state index in [2.05, 4.69) is 5.32 Å². The summed E-state index contributed by atoms with van der Waals surface area (Å²) < 4.78 is 10.4. The minimum atomic E-state index is -1.71. The van der Waals surface area contributed by atoms with E-state index in [0.29, 0.717) is 6.42 Å². The Hall–Kier alpha value is -3.88. The van der Waals surface area contributed by atoms with Crippen molar-refractivity contribution in [2.24, 2.45) is 0 Å². The number of carbonyl (C=O) groups excluding carboxylic acids is 3. The summed E-state index contributed by atoms with van der Waals surface area (Å²) >= 11 is 0. The van der Waals surface area contributed by atoms with Gasteiger partial charge in [-0.2, -0.15) is 0 Å². The molecular weight excluding hydrogens is 452 g/mol. The van der Waals surface area contributed by atoms with Crippen LogP contribution in [0.3, 0.4) is 0 Å². The van der Waals surface area contributed by atoms with Crippen molar-refractivity contribution in [3.8, 4) is 11.1 Å². The van der Waals surface area contributed by atoms with Crippen LogP contribution in [-0.4, -0.2) is 65.3 Å². The molecule has 2 atom stereocenters. The number of esters is 1. The average Bonchev–Trinajstić information content (AvgIpc) is 3.40. The summed E-state index contributed by atoms with van der Waals surface area (Å²) in [4.78, 5) is 51.4. The number of carboxylic acid groups (broad SMARTS) is 1. The van der Waals surface area contributed by atoms with Crippen LogP contribution < -0.4 is 5.32 Å². The maximum atomic E-state index is 13.2. The molecule has 9 nitrogen and oxygen atoms in total. The van der Waals surface area contributed by atoms with Gasteiger partial charge in [-0.15, -0.1) is 0 Å². The number of carbonyl (C=O) groups is 4. The molecule has 184 valence electrons. The zero-order valence-corrected chi connectivity index (χ0v) is 19.7. The zero-order chi connectivity index (χ0) is 25.2. The van der Waals surface area contributed by atoms with Crippen LogP contribution in [0.15, 0.2) is 48.5 Å². The minimum absolute atomic E-state index is 0.000150. The highest BCUT2D eigenvalue weighted by molar-refractivity contribution is 6.05. The number of fused-ring (bicyclic) bond motifs is 3. The van der Waals surface area contributed by atoms with Crippen molar-refractivity contribution in [1.29, 1.82) is 0 Å². The Bertz CT molecular complexity index is 1120. The third kappa shape index (κ3) is 4.45. The molecule has 2 aromatic rings. The third-order valence-corrected chi connectivity index (χ3v) is 6.74. The van der Waals surface area contributed by atoms with Gasteiger partial charge in [0.15, 0.2) is 0 Å². The monoisotopic (exact) mass is 480 g/mol. The van der Waals surface area contributed by atoms with E-state index in [1.807, 2.05) is 48.5 Å². The second kappa shape index (κ2) is 9.77. The predicted molar refractivity (Wildman–Crippen MR) is 126 cm³/mol. The Balaban J connectivity index is 1.49. The largest absolute Gasteiger partial charge is 0.480 e. The highest BCUT2D eigenvalue weighted by atomic mass is 16.6. The topological polar surface area (TPSA) is 122 Å². The van der Waals surface area contributed by atoms with Gasteiger partial charge < -0.3 is 19.5 Å². The van der Waals surface area contributed by atoms with E-state index >= 15 is 0 Å². The highest BCUT2D eigenvalue weighted by Gasteiger charge is 2.49. The standard InChI is InChI=1S/C26H28N2O7/c1-3-34-23(30)21(22(29)28-14-8-13-26(28,2)24(31)32)27-25(33)35-15-20-18-11-6-4-9-16(18)17-10-5-7-12-19(17)20/h4-7,9-12,20-21H,3,8,13-15H2,1-2H3,(H,27,33)(H,31,32)/t21?,26-/m1/s1. The summed E-state index contributed by atoms with van der Waals surface area (Å²) in [5.41, 5.74) is 2.71. The second-order valence-corrected chi connectivity index (χ2v) is 8.83. The smallest absolute Gasteiger partial charge is 0.408 e. The highest BCUT2D eigenvalue weighted by Crippen LogP contribution is 2.44. The molecule has 1 saturated heterocycles. The maximum absolute atomic E-state index is 13.2. The number of aliphatic carboxylic acids is 1. The number of amides is 2. The molecule has 4 rings (SSSR count). The summed E-state index contributed by atoms with van der Waals surface area (Å²) in [6.07, 6.45) is -0.252. The SMILES string of the molecule is CCOC(=O)C(NC(=O)OCC1c2ccccc2-c2ccccc21)C(=O)N1CCC[C@]1(C)C(=O)O. The van der Waals surface area contributed by atoms with Gasteiger partial charge >= 0.3 is 18.0 Å². The van der Waals surface area contributed by atoms with Crippen molar-refractivity contribution in [3.63, 3.8) is 0 Å². The lowest BCUT2D eigenvalue weighted by molar-refractivity contribution is -0.160. The molecule has 2 aliphatic rings. The molecule has 1 aliphatic carbocycles. The number of carboxylic acids is 1. The van der Waals surface area contributed by atoms with E-state index in [9.17, 15) is 24.3 Å². The van der Waals surface area contributed by atoms with Crippen molar-refractivity contribution in [2.45, 2.75) is 44.2 Å². The van der Waals surface area contributed by atoms with Gasteiger partial charge in [0.1, 0.15) is 12.1 Å². The van der Waals surface area contributed by atoms with Crippen molar-refractivity contribution in [3.05, 3.63) is 59.7 Å². The van der Waals surface area contributed by atoms with Gasteiger partial charge in [-0.1, -0.05) is 48.5 Å². The van der Waals surface area contributed by atoms with E-state index < -0.39 is 35.5 Å². The number of alkyl carbamates (subject to hydrolysis) is 1. The molecule has 35 heavy (non-hydrogen) atoms. The van der Waals surface area contributed by atoms with Crippen LogP contribution in [0, 0.1) is 0 Å². The number of likely N-dealkylation sites (tertiary alicyclic amines) is 1. The van der Waals surface area contributed by atoms with Crippen molar-refractivity contribution in [2.75, 3.05) is 19.8 Å². The van der Waals surface area contributed by atoms with Crippen LogP contribution in [0.1, 0.15) is 43.7 Å². The van der Waals surface area contributed by atoms with Gasteiger partial charge in [-0.05, 0) is 48.9 Å². The van der Waals surface area contributed by atoms with Crippen molar-refractivity contribution < 1.29 is 33.8 Å². The van der Waals surface area contributed by atoms with E-state index in [1.165, 1.54) is 6.92 Å². The normalized spacial score (nSPS) is 19.4. The lowest BCUT2D eigenvalue weighted by Gasteiger charge is -2.33. The summed E-state index contributed by atoms with van der Waals surface area (Å²) in [7, 11) is 0. The fourth-order valence-corrected chi connectivity index (χ4v) is 4.90. The number of nitrogens with one attached hydrogen (secondary N) is 1. The average molecular weight is 481 g/mol. The number of benzene rings is 2. The first-order valence-electron chi connectivity index (χ1n) is 11.6. The van der Waals surface area contributed by atoms with Gasteiger partial charge in [0.2, 0.25) is 6.04 Å². The fourth-order valence-electron chi connectivity index (χ4n) is 4.90. The second-order valence-electron chi connectivity index (χ2n) is 8.83. The number of rotatable bonds is 7. The Morgan fingerprint density at radius 1 is 1.06 bits per heavy atom. The Kier molecular flexibility index (Phi) is 6.77. The third-order valence-electron chi connectivity index (χ3n) is 6.74. The molecule has 1 aliphatic heterocycles. The molecule has 1 fully saturated rings. The maximum Gasteiger partial charge on any atom is 0.408 e. The number of hydrogen-bond acceptors (Lipinski definition) is 6. The first kappa shape index (κ1) is 24.3. The molecule has 9 heteroatoms. The number of hydrogen-bond donors (Lipinski definition) is 2. The lowest BCUT2D eigenvalue weighted by Crippen LogP contribution is -2.59. The quantitative estimate of drug-likeness (QED) is 0.461. The molecule has 0 aromatic heterocycles. The van der Waals surface area contributed by atoms with Gasteiger partial charge in [0, 0.05) is 12.5 Å². The summed E-state index contributed by atoms with van der Waals surface area (Å²) in [5.74, 6) is -3.17. The minimum Gasteiger partial charge on any atom is -0.480 e. The van der Waals surface area contributed by atoms with Gasteiger partial charge in [-0.3, -0.25) is 10.1 Å².